The zero-order chi connectivity index (χ0) is 44.3. The highest BCUT2D eigenvalue weighted by atomic mass is 32.1. The Morgan fingerprint density at radius 3 is 2.43 bits per heavy atom. The molecule has 5 rings (SSSR count). The molecule has 60 heavy (non-hydrogen) atoms. The van der Waals surface area contributed by atoms with E-state index in [9.17, 15) is 24.6 Å². The molecule has 5 heterocycles. The summed E-state index contributed by atoms with van der Waals surface area (Å²) in [6.07, 6.45) is -4.85. The van der Waals surface area contributed by atoms with Crippen molar-refractivity contribution in [2.45, 2.75) is 149 Å². The third-order valence-electron chi connectivity index (χ3n) is 12.4. The molecule has 0 radical (unpaired) electrons. The molecule has 0 unspecified atom stereocenters. The van der Waals surface area contributed by atoms with E-state index in [1.165, 1.54) is 13.8 Å². The number of hydrogen-bond acceptors (Lipinski definition) is 14. The van der Waals surface area contributed by atoms with Gasteiger partial charge in [-0.05, 0) is 98.2 Å². The largest absolute Gasteiger partial charge is 0.459 e. The van der Waals surface area contributed by atoms with Gasteiger partial charge in [0, 0.05) is 41.1 Å². The Bertz CT molecular complexity index is 1900. The number of ether oxygens (including phenoxy) is 5. The first-order valence-electron chi connectivity index (χ1n) is 21.2. The highest BCUT2D eigenvalue weighted by Crippen LogP contribution is 2.40. The first kappa shape index (κ1) is 47.8. The van der Waals surface area contributed by atoms with Gasteiger partial charge in [0.05, 0.1) is 60.0 Å². The second-order valence-corrected chi connectivity index (χ2v) is 18.9. The molecule has 2 aromatic rings. The molecule has 13 atom stereocenters. The standard InChI is InChI=1S/C45H66N4O10S/c1-13-36-45(10,54)41-27(5)37(48-30(8)50)24(2)20-44(9,56-23-31(22-55-41)46-21-32-17-18-35(60-32)33-16-14-15-25(3)47-33)40(28(6)38(51)29(7)42(53)58-36)59-43-39(52)34(49(11)12)19-26(4)57-43/h14-18,24,26-29,34,36,39-41,43,52,54H,13,19-23H2,1-12H3/t24-,26-,27+,28+,29-,34+,36-,39-,40-,41+,43+,44-,45-/m1/s1. The number of amides is 1. The fourth-order valence-corrected chi connectivity index (χ4v) is 10.0. The first-order valence-corrected chi connectivity index (χ1v) is 22.0. The summed E-state index contributed by atoms with van der Waals surface area (Å²) >= 11 is 1.58. The molecule has 14 nitrogen and oxygen atoms in total. The van der Waals surface area contributed by atoms with Crippen LogP contribution in [0.1, 0.15) is 92.1 Å². The van der Waals surface area contributed by atoms with E-state index in [4.69, 9.17) is 28.7 Å². The smallest absolute Gasteiger partial charge is 0.316 e. The van der Waals surface area contributed by atoms with E-state index in [1.807, 2.05) is 83.9 Å². The van der Waals surface area contributed by atoms with E-state index in [-0.39, 0.29) is 38.2 Å². The number of esters is 1. The number of likely N-dealkylation sites (N-methyl/N-ethyl adjacent to an activating group) is 1. The molecule has 3 aliphatic rings. The highest BCUT2D eigenvalue weighted by molar-refractivity contribution is 7.15. The number of carbonyl (C=O) groups excluding carboxylic acids is 3. The SMILES string of the molecule is CC[C@H]1OC(=O)[C@H](C)C(=O)[C@H](C)[C@@H](O[C@@H]2O[C@H](C)C[C@H](N(C)C)[C@H]2O)[C@@]2(C)C[C@@H](C)C(=NC(C)=O)[C@H](C)[C@H](OCC(=NCc3ccc(-c4cccc(C)n4)s3)CO2)[C@]1(C)O. The summed E-state index contributed by atoms with van der Waals surface area (Å²) in [6.45, 7) is 17.5. The maximum atomic E-state index is 14.6. The minimum absolute atomic E-state index is 0.0585. The molecule has 0 aliphatic carbocycles. The van der Waals surface area contributed by atoms with Gasteiger partial charge in [0.15, 0.2) is 12.1 Å². The molecule has 3 saturated heterocycles. The molecule has 2 aromatic heterocycles. The Labute approximate surface area is 359 Å². The summed E-state index contributed by atoms with van der Waals surface area (Å²) in [5.74, 6) is -5.13. The van der Waals surface area contributed by atoms with Crippen LogP contribution in [0.25, 0.3) is 10.6 Å². The van der Waals surface area contributed by atoms with Crippen LogP contribution in [0.3, 0.4) is 0 Å². The average Bonchev–Trinajstić information content (AvgIpc) is 3.66. The van der Waals surface area contributed by atoms with Gasteiger partial charge >= 0.3 is 5.97 Å². The van der Waals surface area contributed by atoms with E-state index >= 15 is 0 Å². The van der Waals surface area contributed by atoms with Crippen molar-refractivity contribution in [1.29, 1.82) is 0 Å². The highest BCUT2D eigenvalue weighted by Gasteiger charge is 2.53. The van der Waals surface area contributed by atoms with E-state index in [1.54, 1.807) is 32.1 Å². The maximum Gasteiger partial charge on any atom is 0.316 e. The van der Waals surface area contributed by atoms with Gasteiger partial charge in [-0.25, -0.2) is 4.99 Å². The fourth-order valence-electron chi connectivity index (χ4n) is 9.12. The summed E-state index contributed by atoms with van der Waals surface area (Å²) in [4.78, 5) is 59.5. The number of rotatable bonds is 7. The average molecular weight is 855 g/mol. The van der Waals surface area contributed by atoms with Crippen LogP contribution in [-0.2, 0) is 44.6 Å². The van der Waals surface area contributed by atoms with Gasteiger partial charge in [0.2, 0.25) is 5.91 Å². The van der Waals surface area contributed by atoms with Gasteiger partial charge in [-0.15, -0.1) is 11.3 Å². The van der Waals surface area contributed by atoms with Gasteiger partial charge < -0.3 is 38.8 Å². The number of aryl methyl sites for hydroxylation is 1. The van der Waals surface area contributed by atoms with Gasteiger partial charge in [0.25, 0.3) is 0 Å². The van der Waals surface area contributed by atoms with Crippen LogP contribution in [0.5, 0.6) is 0 Å². The van der Waals surface area contributed by atoms with Crippen LogP contribution in [0.4, 0.5) is 0 Å². The van der Waals surface area contributed by atoms with Crippen LogP contribution < -0.4 is 0 Å². The van der Waals surface area contributed by atoms with Crippen molar-refractivity contribution in [1.82, 2.24) is 9.88 Å². The molecular weight excluding hydrogens is 789 g/mol. The van der Waals surface area contributed by atoms with Crippen molar-refractivity contribution < 1.29 is 48.3 Å². The summed E-state index contributed by atoms with van der Waals surface area (Å²) in [5.41, 5.74) is -0.413. The quantitative estimate of drug-likeness (QED) is 0.260. The van der Waals surface area contributed by atoms with Gasteiger partial charge in [-0.2, -0.15) is 0 Å². The summed E-state index contributed by atoms with van der Waals surface area (Å²) in [7, 11) is 3.76. The predicted molar refractivity (Wildman–Crippen MR) is 230 cm³/mol. The molecule has 0 saturated carbocycles. The van der Waals surface area contributed by atoms with Crippen LogP contribution in [-0.4, -0.2) is 131 Å². The molecule has 0 spiro atoms. The van der Waals surface area contributed by atoms with Crippen molar-refractivity contribution in [2.75, 3.05) is 27.3 Å². The zero-order valence-corrected chi connectivity index (χ0v) is 38.2. The molecule has 332 valence electrons. The monoisotopic (exact) mass is 854 g/mol. The topological polar surface area (TPSA) is 179 Å². The predicted octanol–water partition coefficient (Wildman–Crippen LogP) is 5.62. The number of carbonyl (C=O) groups is 3. The number of hydrogen-bond donors (Lipinski definition) is 2. The van der Waals surface area contributed by atoms with E-state index in [2.05, 4.69) is 9.98 Å². The first-order chi connectivity index (χ1) is 28.2. The fraction of sp³-hybridized carbons (Fsp3) is 0.689. The Morgan fingerprint density at radius 2 is 1.78 bits per heavy atom. The lowest BCUT2D eigenvalue weighted by atomic mass is 9.73. The van der Waals surface area contributed by atoms with Crippen LogP contribution in [0.2, 0.25) is 0 Å². The Morgan fingerprint density at radius 1 is 1.07 bits per heavy atom. The van der Waals surface area contributed by atoms with Gasteiger partial charge in [0.1, 0.15) is 23.7 Å². The Kier molecular flexibility index (Phi) is 15.8. The molecule has 0 aromatic carbocycles. The minimum Gasteiger partial charge on any atom is -0.459 e. The van der Waals surface area contributed by atoms with Gasteiger partial charge in [-0.3, -0.25) is 24.4 Å². The van der Waals surface area contributed by atoms with Crippen LogP contribution >= 0.6 is 11.3 Å². The number of nitrogens with zero attached hydrogens (tertiary/aromatic N) is 4. The number of aliphatic imine (C=N–C) groups is 2. The van der Waals surface area contributed by atoms with Crippen LogP contribution in [0.15, 0.2) is 40.3 Å². The lowest BCUT2D eigenvalue weighted by Gasteiger charge is -2.47. The Hall–Kier alpha value is -3.28. The zero-order valence-electron chi connectivity index (χ0n) is 37.3. The lowest BCUT2D eigenvalue weighted by molar-refractivity contribution is -0.296. The summed E-state index contributed by atoms with van der Waals surface area (Å²) < 4.78 is 32.8. The van der Waals surface area contributed by atoms with Crippen molar-refractivity contribution >= 4 is 40.4 Å². The summed E-state index contributed by atoms with van der Waals surface area (Å²) in [5, 5.41) is 24.2. The Balaban J connectivity index is 1.68. The number of cyclic esters (lactones) is 1. The van der Waals surface area contributed by atoms with E-state index in [0.29, 0.717) is 24.4 Å². The normalized spacial score (nSPS) is 37.7. The maximum absolute atomic E-state index is 14.6. The van der Waals surface area contributed by atoms with Crippen molar-refractivity contribution in [3.05, 3.63) is 40.9 Å². The third kappa shape index (κ3) is 10.8. The number of fused-ring (bicyclic) bond motifs is 5. The number of ketones is 1. The number of thiophene rings is 1. The summed E-state index contributed by atoms with van der Waals surface area (Å²) in [6, 6.07) is 9.63. The minimum atomic E-state index is -1.81. The van der Waals surface area contributed by atoms with Crippen molar-refractivity contribution in [2.24, 2.45) is 33.7 Å². The molecular formula is C45H66N4O10S. The molecule has 2 N–H and O–H groups in total. The second-order valence-electron chi connectivity index (χ2n) is 17.7. The molecule has 3 aliphatic heterocycles. The number of Topliss-reactive ketones (excluding diaryl/α,β-unsaturated/α-hetero) is 1. The molecule has 15 heteroatoms. The molecule has 2 bridgehead atoms. The van der Waals surface area contributed by atoms with E-state index in [0.717, 1.165) is 21.1 Å². The van der Waals surface area contributed by atoms with Gasteiger partial charge in [-0.1, -0.05) is 33.8 Å². The number of pyridine rings is 1. The van der Waals surface area contributed by atoms with Crippen LogP contribution in [0, 0.1) is 30.6 Å². The van der Waals surface area contributed by atoms with Crippen molar-refractivity contribution in [3.8, 4) is 10.6 Å². The molecule has 1 amide bonds. The number of aromatic nitrogens is 1. The van der Waals surface area contributed by atoms with E-state index < -0.39 is 83.2 Å². The van der Waals surface area contributed by atoms with Crippen molar-refractivity contribution in [3.63, 3.8) is 0 Å². The third-order valence-corrected chi connectivity index (χ3v) is 13.5. The number of aliphatic hydroxyl groups is 2. The number of aliphatic hydroxyl groups excluding tert-OH is 1. The second kappa shape index (κ2) is 19.8. The lowest BCUT2D eigenvalue weighted by Crippen LogP contribution is -2.60. The molecule has 3 fully saturated rings.